The smallest absolute Gasteiger partial charge is 0.316 e. The molecule has 11 heteroatoms. The molecule has 0 saturated carbocycles. The van der Waals surface area contributed by atoms with Crippen molar-refractivity contribution in [1.29, 1.82) is 0 Å². The van der Waals surface area contributed by atoms with Gasteiger partial charge in [0.2, 0.25) is 5.88 Å². The summed E-state index contributed by atoms with van der Waals surface area (Å²) < 4.78 is 41.9. The van der Waals surface area contributed by atoms with E-state index in [2.05, 4.69) is 40.4 Å². The van der Waals surface area contributed by atoms with Gasteiger partial charge in [-0.1, -0.05) is 75.7 Å². The van der Waals surface area contributed by atoms with Gasteiger partial charge >= 0.3 is 6.01 Å². The molecule has 0 atom stereocenters. The molecular weight excluding hydrogens is 607 g/mol. The number of aryl methyl sites for hydroxylation is 2. The summed E-state index contributed by atoms with van der Waals surface area (Å²) in [7, 11) is -3.98. The maximum atomic E-state index is 13.7. The highest BCUT2D eigenvalue weighted by Crippen LogP contribution is 2.36. The van der Waals surface area contributed by atoms with Gasteiger partial charge in [-0.25, -0.2) is 23.4 Å². The van der Waals surface area contributed by atoms with Crippen molar-refractivity contribution in [3.63, 3.8) is 0 Å². The van der Waals surface area contributed by atoms with Crippen LogP contribution in [-0.4, -0.2) is 41.6 Å². The van der Waals surface area contributed by atoms with Crippen molar-refractivity contribution in [2.75, 3.05) is 17.9 Å². The Morgan fingerprint density at radius 2 is 1.56 bits per heavy atom. The fraction of sp³-hybridized carbons (Fsp3) is 0.294. The van der Waals surface area contributed by atoms with E-state index in [0.717, 1.165) is 28.0 Å². The van der Waals surface area contributed by atoms with Gasteiger partial charge in [-0.3, -0.25) is 4.72 Å². The van der Waals surface area contributed by atoms with Gasteiger partial charge in [0, 0.05) is 29.3 Å². The Bertz CT molecular complexity index is 1820. The van der Waals surface area contributed by atoms with Crippen molar-refractivity contribution in [3.8, 4) is 33.5 Å². The Balaban J connectivity index is 1.42. The monoisotopic (exact) mass is 643 g/mol. The number of anilines is 1. The first-order valence-corrected chi connectivity index (χ1v) is 17.1. The van der Waals surface area contributed by atoms with Crippen LogP contribution in [-0.2, 0) is 21.9 Å². The second kappa shape index (κ2) is 13.7. The largest absolute Gasteiger partial charge is 0.473 e. The molecule has 0 amide bonds. The van der Waals surface area contributed by atoms with Crippen LogP contribution < -0.4 is 14.2 Å². The number of hydrogen-bond acceptors (Lipinski definition) is 9. The SMILES string of the molecule is CCCc1nc(NS(=O)(=O)c2ccc(C(C)(C)C)cc2)c(-c2ccc(C)cc2)c(OCCOc2ncc(-c3cccs3)cn2)n1. The highest BCUT2D eigenvalue weighted by atomic mass is 32.2. The topological polar surface area (TPSA) is 116 Å². The van der Waals surface area contributed by atoms with Gasteiger partial charge in [-0.2, -0.15) is 4.98 Å². The number of hydrogen-bond donors (Lipinski definition) is 1. The van der Waals surface area contributed by atoms with Crippen LogP contribution in [0.15, 0.2) is 83.3 Å². The number of rotatable bonds is 12. The summed E-state index contributed by atoms with van der Waals surface area (Å²) in [5, 5.41) is 2.00. The highest BCUT2D eigenvalue weighted by molar-refractivity contribution is 7.92. The molecule has 0 unspecified atom stereocenters. The molecule has 0 aliphatic rings. The first kappa shape index (κ1) is 32.1. The highest BCUT2D eigenvalue weighted by Gasteiger charge is 2.24. The third kappa shape index (κ3) is 8.03. The number of nitrogens with one attached hydrogen (secondary N) is 1. The zero-order valence-corrected chi connectivity index (χ0v) is 27.7. The van der Waals surface area contributed by atoms with E-state index in [9.17, 15) is 8.42 Å². The van der Waals surface area contributed by atoms with E-state index < -0.39 is 10.0 Å². The van der Waals surface area contributed by atoms with Crippen LogP contribution >= 0.6 is 11.3 Å². The Labute approximate surface area is 268 Å². The number of ether oxygens (including phenoxy) is 2. The summed E-state index contributed by atoms with van der Waals surface area (Å²) in [6.07, 6.45) is 4.76. The Morgan fingerprint density at radius 3 is 2.18 bits per heavy atom. The van der Waals surface area contributed by atoms with Crippen molar-refractivity contribution < 1.29 is 17.9 Å². The van der Waals surface area contributed by atoms with Gasteiger partial charge in [0.05, 0.1) is 10.5 Å². The average Bonchev–Trinajstić information content (AvgIpc) is 3.55. The number of benzene rings is 2. The molecular formula is C34H37N5O4S2. The molecule has 5 aromatic rings. The third-order valence-corrected chi connectivity index (χ3v) is 9.26. The van der Waals surface area contributed by atoms with Crippen LogP contribution in [0.3, 0.4) is 0 Å². The standard InChI is InChI=1S/C34H37N5O4S2/c1-6-8-29-37-31(39-45(40,41)27-16-14-26(15-17-27)34(3,4)5)30(24-12-10-23(2)11-13-24)32(38-29)42-18-19-43-33-35-21-25(22-36-33)28-9-7-20-44-28/h7,9-17,20-22H,6,8,18-19H2,1-5H3,(H,37,38,39). The maximum absolute atomic E-state index is 13.7. The lowest BCUT2D eigenvalue weighted by Crippen LogP contribution is -2.18. The summed E-state index contributed by atoms with van der Waals surface area (Å²) in [5.74, 6) is 0.883. The molecule has 2 aromatic carbocycles. The second-order valence-electron chi connectivity index (χ2n) is 11.6. The fourth-order valence-corrected chi connectivity index (χ4v) is 6.25. The molecule has 1 N–H and O–H groups in total. The zero-order chi connectivity index (χ0) is 32.0. The van der Waals surface area contributed by atoms with E-state index >= 15 is 0 Å². The lowest BCUT2D eigenvalue weighted by molar-refractivity contribution is 0.201. The molecule has 45 heavy (non-hydrogen) atoms. The summed E-state index contributed by atoms with van der Waals surface area (Å²) in [4.78, 5) is 19.2. The minimum atomic E-state index is -3.98. The van der Waals surface area contributed by atoms with Gasteiger partial charge in [-0.05, 0) is 53.5 Å². The zero-order valence-electron chi connectivity index (χ0n) is 26.1. The van der Waals surface area contributed by atoms with Crippen LogP contribution in [0.4, 0.5) is 5.82 Å². The van der Waals surface area contributed by atoms with E-state index in [4.69, 9.17) is 14.5 Å². The van der Waals surface area contributed by atoms with Crippen LogP contribution in [0.1, 0.15) is 51.1 Å². The van der Waals surface area contributed by atoms with Crippen molar-refractivity contribution in [2.24, 2.45) is 0 Å². The van der Waals surface area contributed by atoms with E-state index in [1.54, 1.807) is 35.9 Å². The van der Waals surface area contributed by atoms with Crippen LogP contribution in [0, 0.1) is 6.92 Å². The second-order valence-corrected chi connectivity index (χ2v) is 14.2. The molecule has 5 rings (SSSR count). The minimum absolute atomic E-state index is 0.105. The predicted molar refractivity (Wildman–Crippen MR) is 178 cm³/mol. The summed E-state index contributed by atoms with van der Waals surface area (Å²) >= 11 is 1.61. The quantitative estimate of drug-likeness (QED) is 0.139. The number of aromatic nitrogens is 4. The molecule has 0 spiro atoms. The van der Waals surface area contributed by atoms with Gasteiger partial charge in [-0.15, -0.1) is 11.3 Å². The van der Waals surface area contributed by atoms with Gasteiger partial charge in [0.25, 0.3) is 10.0 Å². The Morgan fingerprint density at radius 1 is 0.867 bits per heavy atom. The summed E-state index contributed by atoms with van der Waals surface area (Å²) in [6.45, 7) is 10.5. The predicted octanol–water partition coefficient (Wildman–Crippen LogP) is 7.48. The Hall–Kier alpha value is -4.35. The van der Waals surface area contributed by atoms with Crippen molar-refractivity contribution in [3.05, 3.63) is 95.4 Å². The normalized spacial score (nSPS) is 11.8. The van der Waals surface area contributed by atoms with Gasteiger partial charge < -0.3 is 9.47 Å². The average molecular weight is 644 g/mol. The molecule has 0 saturated heterocycles. The summed E-state index contributed by atoms with van der Waals surface area (Å²) in [6, 6.07) is 18.8. The van der Waals surface area contributed by atoms with Crippen molar-refractivity contribution in [1.82, 2.24) is 19.9 Å². The fourth-order valence-electron chi connectivity index (χ4n) is 4.53. The molecule has 9 nitrogen and oxygen atoms in total. The molecule has 0 aliphatic carbocycles. The van der Waals surface area contributed by atoms with E-state index in [1.807, 2.05) is 67.8 Å². The van der Waals surface area contributed by atoms with E-state index in [1.165, 1.54) is 0 Å². The molecule has 0 bridgehead atoms. The van der Waals surface area contributed by atoms with Crippen molar-refractivity contribution in [2.45, 2.75) is 57.8 Å². The molecule has 0 fully saturated rings. The molecule has 0 radical (unpaired) electrons. The van der Waals surface area contributed by atoms with E-state index in [-0.39, 0.29) is 41.2 Å². The summed E-state index contributed by atoms with van der Waals surface area (Å²) in [5.41, 5.74) is 4.07. The maximum Gasteiger partial charge on any atom is 0.316 e. The third-order valence-electron chi connectivity index (χ3n) is 6.98. The molecule has 234 valence electrons. The van der Waals surface area contributed by atoms with Gasteiger partial charge in [0.15, 0.2) is 5.82 Å². The number of sulfonamides is 1. The van der Waals surface area contributed by atoms with Gasteiger partial charge in [0.1, 0.15) is 19.0 Å². The minimum Gasteiger partial charge on any atom is -0.473 e. The van der Waals surface area contributed by atoms with Crippen molar-refractivity contribution >= 4 is 27.2 Å². The molecule has 3 aromatic heterocycles. The number of thiophene rings is 1. The molecule has 3 heterocycles. The van der Waals surface area contributed by atoms with Crippen LogP contribution in [0.2, 0.25) is 0 Å². The number of nitrogens with zero attached hydrogens (tertiary/aromatic N) is 4. The first-order chi connectivity index (χ1) is 21.5. The van der Waals surface area contributed by atoms with Crippen LogP contribution in [0.5, 0.6) is 11.9 Å². The van der Waals surface area contributed by atoms with E-state index in [0.29, 0.717) is 23.4 Å². The first-order valence-electron chi connectivity index (χ1n) is 14.8. The Kier molecular flexibility index (Phi) is 9.79. The lowest BCUT2D eigenvalue weighted by atomic mass is 9.87. The van der Waals surface area contributed by atoms with Crippen LogP contribution in [0.25, 0.3) is 21.6 Å². The lowest BCUT2D eigenvalue weighted by Gasteiger charge is -2.20. The molecule has 0 aliphatic heterocycles.